The highest BCUT2D eigenvalue weighted by Crippen LogP contribution is 2.30. The summed E-state index contributed by atoms with van der Waals surface area (Å²) in [6.07, 6.45) is 0. The Balaban J connectivity index is 2.16. The molecule has 4 aromatic rings. The third-order valence-corrected chi connectivity index (χ3v) is 3.76. The lowest BCUT2D eigenvalue weighted by molar-refractivity contribution is 1.01. The molecule has 0 amide bonds. The van der Waals surface area contributed by atoms with Gasteiger partial charge in [0.25, 0.3) is 5.56 Å². The van der Waals surface area contributed by atoms with Crippen LogP contribution in [0, 0.1) is 6.92 Å². The average Bonchev–Trinajstić information content (AvgIpc) is 2.90. The number of aryl methyl sites for hydroxylation is 1. The Bertz CT molecular complexity index is 1010. The monoisotopic (exact) mass is 275 g/mol. The molecule has 0 radical (unpaired) electrons. The number of nitrogens with one attached hydrogen (secondary N) is 2. The summed E-state index contributed by atoms with van der Waals surface area (Å²) in [5.41, 5.74) is 4.30. The van der Waals surface area contributed by atoms with Gasteiger partial charge in [-0.05, 0) is 13.0 Å². The number of nitrogens with zero attached hydrogens (tertiary/aromatic N) is 1. The molecule has 0 aliphatic heterocycles. The summed E-state index contributed by atoms with van der Waals surface area (Å²) in [4.78, 5) is 15.2. The van der Waals surface area contributed by atoms with E-state index in [1.807, 2.05) is 55.5 Å². The Labute approximate surface area is 120 Å². The molecule has 2 heterocycles. The summed E-state index contributed by atoms with van der Waals surface area (Å²) in [7, 11) is 0. The Hall–Kier alpha value is -2.88. The lowest BCUT2D eigenvalue weighted by atomic mass is 10.0. The van der Waals surface area contributed by atoms with Crippen molar-refractivity contribution in [3.63, 3.8) is 0 Å². The first-order chi connectivity index (χ1) is 10.2. The molecule has 2 aromatic carbocycles. The summed E-state index contributed by atoms with van der Waals surface area (Å²) in [5.74, 6) is 0. The molecule has 0 saturated heterocycles. The van der Waals surface area contributed by atoms with Gasteiger partial charge < -0.3 is 4.98 Å². The largest absolute Gasteiger partial charge is 0.350 e. The van der Waals surface area contributed by atoms with Gasteiger partial charge in [-0.25, -0.2) is 5.10 Å². The summed E-state index contributed by atoms with van der Waals surface area (Å²) in [6.45, 7) is 2.05. The van der Waals surface area contributed by atoms with Gasteiger partial charge in [0, 0.05) is 21.9 Å². The van der Waals surface area contributed by atoms with Crippen LogP contribution in [0.1, 0.15) is 5.56 Å². The van der Waals surface area contributed by atoms with E-state index in [0.717, 1.165) is 27.5 Å². The zero-order valence-corrected chi connectivity index (χ0v) is 11.5. The van der Waals surface area contributed by atoms with E-state index in [0.29, 0.717) is 5.52 Å². The number of hydrogen-bond acceptors (Lipinski definition) is 2. The minimum absolute atomic E-state index is 0.197. The quantitative estimate of drug-likeness (QED) is 0.559. The van der Waals surface area contributed by atoms with Crippen molar-refractivity contribution in [2.45, 2.75) is 6.92 Å². The molecular formula is C17H13N3O. The lowest BCUT2D eigenvalue weighted by Gasteiger charge is -2.03. The van der Waals surface area contributed by atoms with E-state index in [1.165, 1.54) is 5.56 Å². The summed E-state index contributed by atoms with van der Waals surface area (Å²) in [5, 5.41) is 8.74. The standard InChI is InChI=1S/C17H13N3O/c1-10-6-8-11(9-7-10)15-14-12-4-2-3-5-13(12)18-16(14)17(21)20-19-15/h2-9,18H,1H3,(H,20,21). The molecule has 2 N–H and O–H groups in total. The van der Waals surface area contributed by atoms with E-state index < -0.39 is 0 Å². The van der Waals surface area contributed by atoms with Gasteiger partial charge in [-0.2, -0.15) is 5.10 Å². The summed E-state index contributed by atoms with van der Waals surface area (Å²) in [6, 6.07) is 16.0. The summed E-state index contributed by atoms with van der Waals surface area (Å²) < 4.78 is 0. The highest BCUT2D eigenvalue weighted by Gasteiger charge is 2.14. The van der Waals surface area contributed by atoms with Crippen LogP contribution in [0.2, 0.25) is 0 Å². The number of hydrogen-bond donors (Lipinski definition) is 2. The predicted octanol–water partition coefficient (Wildman–Crippen LogP) is 3.38. The van der Waals surface area contributed by atoms with Crippen molar-refractivity contribution in [2.24, 2.45) is 0 Å². The van der Waals surface area contributed by atoms with Gasteiger partial charge in [0.05, 0.1) is 0 Å². The van der Waals surface area contributed by atoms with Crippen molar-refractivity contribution in [1.82, 2.24) is 15.2 Å². The van der Waals surface area contributed by atoms with Crippen molar-refractivity contribution in [3.8, 4) is 11.3 Å². The third kappa shape index (κ3) is 1.76. The molecule has 0 unspecified atom stereocenters. The van der Waals surface area contributed by atoms with Crippen LogP contribution >= 0.6 is 0 Å². The van der Waals surface area contributed by atoms with Crippen molar-refractivity contribution in [2.75, 3.05) is 0 Å². The molecule has 4 nitrogen and oxygen atoms in total. The molecule has 2 aromatic heterocycles. The van der Waals surface area contributed by atoms with E-state index in [2.05, 4.69) is 15.2 Å². The van der Waals surface area contributed by atoms with Gasteiger partial charge in [0.15, 0.2) is 0 Å². The molecule has 0 spiro atoms. The summed E-state index contributed by atoms with van der Waals surface area (Å²) >= 11 is 0. The third-order valence-electron chi connectivity index (χ3n) is 3.76. The number of aromatic nitrogens is 3. The SMILES string of the molecule is Cc1ccc(-c2n[nH]c(=O)c3[nH]c4ccccc4c23)cc1. The molecule has 102 valence electrons. The fourth-order valence-electron chi connectivity index (χ4n) is 2.70. The predicted molar refractivity (Wildman–Crippen MR) is 84.4 cm³/mol. The minimum atomic E-state index is -0.197. The van der Waals surface area contributed by atoms with Crippen LogP contribution in [0.15, 0.2) is 53.3 Å². The molecule has 0 aliphatic carbocycles. The van der Waals surface area contributed by atoms with E-state index >= 15 is 0 Å². The van der Waals surface area contributed by atoms with E-state index in [1.54, 1.807) is 0 Å². The first-order valence-electron chi connectivity index (χ1n) is 6.80. The molecule has 21 heavy (non-hydrogen) atoms. The van der Waals surface area contributed by atoms with E-state index in [-0.39, 0.29) is 5.56 Å². The molecule has 4 heteroatoms. The van der Waals surface area contributed by atoms with Gasteiger partial charge in [0.2, 0.25) is 0 Å². The number of fused-ring (bicyclic) bond motifs is 3. The maximum absolute atomic E-state index is 12.0. The van der Waals surface area contributed by atoms with Crippen LogP contribution in [-0.2, 0) is 0 Å². The van der Waals surface area contributed by atoms with Crippen molar-refractivity contribution >= 4 is 21.8 Å². The van der Waals surface area contributed by atoms with Crippen LogP contribution < -0.4 is 5.56 Å². The lowest BCUT2D eigenvalue weighted by Crippen LogP contribution is -2.09. The number of aromatic amines is 2. The smallest absolute Gasteiger partial charge is 0.288 e. The van der Waals surface area contributed by atoms with Gasteiger partial charge in [-0.3, -0.25) is 4.79 Å². The Morgan fingerprint density at radius 1 is 1.00 bits per heavy atom. The maximum atomic E-state index is 12.0. The molecule has 4 rings (SSSR count). The maximum Gasteiger partial charge on any atom is 0.288 e. The Morgan fingerprint density at radius 3 is 2.57 bits per heavy atom. The first kappa shape index (κ1) is 11.9. The van der Waals surface area contributed by atoms with Gasteiger partial charge >= 0.3 is 0 Å². The zero-order chi connectivity index (χ0) is 14.4. The van der Waals surface area contributed by atoms with Crippen LogP contribution in [0.5, 0.6) is 0 Å². The second-order valence-corrected chi connectivity index (χ2v) is 5.19. The number of rotatable bonds is 1. The van der Waals surface area contributed by atoms with Crippen LogP contribution in [0.4, 0.5) is 0 Å². The Kier molecular flexibility index (Phi) is 2.44. The second-order valence-electron chi connectivity index (χ2n) is 5.19. The van der Waals surface area contributed by atoms with Crippen molar-refractivity contribution in [1.29, 1.82) is 0 Å². The highest BCUT2D eigenvalue weighted by molar-refractivity contribution is 6.12. The fourth-order valence-corrected chi connectivity index (χ4v) is 2.70. The molecule has 0 bridgehead atoms. The van der Waals surface area contributed by atoms with Gasteiger partial charge in [0.1, 0.15) is 11.2 Å². The molecule has 0 fully saturated rings. The number of para-hydroxylation sites is 1. The van der Waals surface area contributed by atoms with Gasteiger partial charge in [-0.15, -0.1) is 0 Å². The average molecular weight is 275 g/mol. The van der Waals surface area contributed by atoms with Crippen LogP contribution in [0.25, 0.3) is 33.1 Å². The molecule has 0 saturated carbocycles. The topological polar surface area (TPSA) is 61.5 Å². The van der Waals surface area contributed by atoms with E-state index in [4.69, 9.17) is 0 Å². The van der Waals surface area contributed by atoms with Crippen molar-refractivity contribution in [3.05, 3.63) is 64.4 Å². The minimum Gasteiger partial charge on any atom is -0.350 e. The van der Waals surface area contributed by atoms with Crippen molar-refractivity contribution < 1.29 is 0 Å². The number of benzene rings is 2. The van der Waals surface area contributed by atoms with Crippen LogP contribution in [-0.4, -0.2) is 15.2 Å². The van der Waals surface area contributed by atoms with Gasteiger partial charge in [-0.1, -0.05) is 48.0 Å². The Morgan fingerprint density at radius 2 is 1.76 bits per heavy atom. The molecule has 0 atom stereocenters. The second kappa shape index (κ2) is 4.31. The fraction of sp³-hybridized carbons (Fsp3) is 0.0588. The number of H-pyrrole nitrogens is 2. The first-order valence-corrected chi connectivity index (χ1v) is 6.80. The van der Waals surface area contributed by atoms with E-state index in [9.17, 15) is 4.79 Å². The zero-order valence-electron chi connectivity index (χ0n) is 11.5. The molecule has 0 aliphatic rings. The molecular weight excluding hydrogens is 262 g/mol. The normalized spacial score (nSPS) is 11.3. The van der Waals surface area contributed by atoms with Crippen LogP contribution in [0.3, 0.4) is 0 Å². The highest BCUT2D eigenvalue weighted by atomic mass is 16.1.